The molecule has 0 saturated carbocycles. The summed E-state index contributed by atoms with van der Waals surface area (Å²) in [6.45, 7) is 4.19. The van der Waals surface area contributed by atoms with Gasteiger partial charge >= 0.3 is 0 Å². The van der Waals surface area contributed by atoms with Crippen LogP contribution in [0.1, 0.15) is 24.9 Å². The van der Waals surface area contributed by atoms with E-state index in [1.807, 2.05) is 20.0 Å². The first-order valence-electron chi connectivity index (χ1n) is 6.22. The molecule has 1 aliphatic carbocycles. The van der Waals surface area contributed by atoms with Crippen molar-refractivity contribution in [3.63, 3.8) is 0 Å². The van der Waals surface area contributed by atoms with Crippen LogP contribution in [0.5, 0.6) is 0 Å². The van der Waals surface area contributed by atoms with Crippen LogP contribution in [-0.2, 0) is 0 Å². The highest BCUT2D eigenvalue weighted by atomic mass is 79.9. The van der Waals surface area contributed by atoms with Gasteiger partial charge in [0.15, 0.2) is 5.82 Å². The van der Waals surface area contributed by atoms with E-state index >= 15 is 0 Å². The molecule has 1 heterocycles. The molecule has 2 unspecified atom stereocenters. The molecule has 2 atom stereocenters. The van der Waals surface area contributed by atoms with Crippen LogP contribution < -0.4 is 5.32 Å². The van der Waals surface area contributed by atoms with Gasteiger partial charge in [-0.25, -0.2) is 9.97 Å². The van der Waals surface area contributed by atoms with Crippen molar-refractivity contribution in [1.82, 2.24) is 9.97 Å². The molecule has 1 aliphatic rings. The van der Waals surface area contributed by atoms with E-state index in [9.17, 15) is 0 Å². The summed E-state index contributed by atoms with van der Waals surface area (Å²) in [6.07, 6.45) is 7.64. The highest BCUT2D eigenvalue weighted by Gasteiger charge is 2.18. The molecule has 0 radical (unpaired) electrons. The minimum Gasteiger partial charge on any atom is -0.373 e. The molecule has 4 heteroatoms. The summed E-state index contributed by atoms with van der Waals surface area (Å²) in [6, 6.07) is 1.95. The van der Waals surface area contributed by atoms with Gasteiger partial charge in [-0.3, -0.25) is 0 Å². The first kappa shape index (κ1) is 13.3. The average Bonchev–Trinajstić information content (AvgIpc) is 2.38. The Morgan fingerprint density at radius 2 is 2.17 bits per heavy atom. The smallest absolute Gasteiger partial charge is 0.161 e. The molecule has 0 saturated heterocycles. The van der Waals surface area contributed by atoms with Crippen LogP contribution >= 0.6 is 15.9 Å². The van der Waals surface area contributed by atoms with Crippen LogP contribution in [0.2, 0.25) is 0 Å². The summed E-state index contributed by atoms with van der Waals surface area (Å²) in [7, 11) is 1.88. The second-order valence-electron chi connectivity index (χ2n) is 4.47. The maximum absolute atomic E-state index is 4.51. The molecule has 1 aromatic heterocycles. The molecule has 96 valence electrons. The van der Waals surface area contributed by atoms with Crippen LogP contribution in [0.4, 0.5) is 5.82 Å². The first-order chi connectivity index (χ1) is 8.63. The van der Waals surface area contributed by atoms with Crippen molar-refractivity contribution in [2.75, 3.05) is 12.4 Å². The minimum atomic E-state index is 0.417. The maximum atomic E-state index is 4.51. The molecular weight excluding hydrogens is 290 g/mol. The molecule has 1 aromatic rings. The monoisotopic (exact) mass is 307 g/mol. The van der Waals surface area contributed by atoms with Crippen LogP contribution in [0.3, 0.4) is 0 Å². The third kappa shape index (κ3) is 2.80. The Morgan fingerprint density at radius 1 is 1.39 bits per heavy atom. The summed E-state index contributed by atoms with van der Waals surface area (Å²) < 4.78 is 0. The number of nitrogens with zero attached hydrogens (tertiary/aromatic N) is 2. The number of hydrogen-bond acceptors (Lipinski definition) is 3. The number of hydrogen-bond donors (Lipinski definition) is 1. The third-order valence-electron chi connectivity index (χ3n) is 3.10. The summed E-state index contributed by atoms with van der Waals surface area (Å²) >= 11 is 3.67. The maximum Gasteiger partial charge on any atom is 0.161 e. The Balaban J connectivity index is 2.37. The van der Waals surface area contributed by atoms with Gasteiger partial charge in [-0.1, -0.05) is 41.1 Å². The SMILES string of the molecule is CCC1C=C(c2nc(C)cc(NC)n2)C=CC1Br. The van der Waals surface area contributed by atoms with Crippen molar-refractivity contribution in [3.8, 4) is 0 Å². The second kappa shape index (κ2) is 5.65. The van der Waals surface area contributed by atoms with E-state index in [1.54, 1.807) is 0 Å². The minimum absolute atomic E-state index is 0.417. The van der Waals surface area contributed by atoms with Crippen molar-refractivity contribution in [1.29, 1.82) is 0 Å². The van der Waals surface area contributed by atoms with E-state index in [0.717, 1.165) is 29.3 Å². The van der Waals surface area contributed by atoms with E-state index in [0.29, 0.717) is 10.7 Å². The fourth-order valence-corrected chi connectivity index (χ4v) is 2.71. The molecule has 0 amide bonds. The molecule has 0 bridgehead atoms. The van der Waals surface area contributed by atoms with E-state index in [2.05, 4.69) is 56.4 Å². The van der Waals surface area contributed by atoms with Gasteiger partial charge in [0.1, 0.15) is 5.82 Å². The average molecular weight is 308 g/mol. The topological polar surface area (TPSA) is 37.8 Å². The lowest BCUT2D eigenvalue weighted by atomic mass is 9.93. The lowest BCUT2D eigenvalue weighted by Crippen LogP contribution is -2.13. The lowest BCUT2D eigenvalue weighted by Gasteiger charge is -2.20. The van der Waals surface area contributed by atoms with Crippen molar-refractivity contribution >= 4 is 27.3 Å². The Morgan fingerprint density at radius 3 is 2.83 bits per heavy atom. The van der Waals surface area contributed by atoms with E-state index in [-0.39, 0.29) is 0 Å². The fraction of sp³-hybridized carbons (Fsp3) is 0.429. The van der Waals surface area contributed by atoms with Gasteiger partial charge in [0.2, 0.25) is 0 Å². The number of nitrogens with one attached hydrogen (secondary N) is 1. The summed E-state index contributed by atoms with van der Waals surface area (Å²) in [5.74, 6) is 2.17. The summed E-state index contributed by atoms with van der Waals surface area (Å²) in [4.78, 5) is 9.44. The predicted molar refractivity (Wildman–Crippen MR) is 79.9 cm³/mol. The number of aromatic nitrogens is 2. The zero-order valence-electron chi connectivity index (χ0n) is 10.9. The molecule has 1 N–H and O–H groups in total. The number of alkyl halides is 1. The Labute approximate surface area is 117 Å². The highest BCUT2D eigenvalue weighted by molar-refractivity contribution is 9.09. The zero-order valence-corrected chi connectivity index (χ0v) is 12.5. The standard InChI is InChI=1S/C14H18BrN3/c1-4-10-8-11(5-6-12(10)15)14-17-9(2)7-13(16-3)18-14/h5-8,10,12H,4H2,1-3H3,(H,16,17,18). The van der Waals surface area contributed by atoms with E-state index in [4.69, 9.17) is 0 Å². The predicted octanol–water partition coefficient (Wildman–Crippen LogP) is 3.57. The molecule has 0 spiro atoms. The van der Waals surface area contributed by atoms with Gasteiger partial charge in [0.05, 0.1) is 0 Å². The lowest BCUT2D eigenvalue weighted by molar-refractivity contribution is 0.654. The van der Waals surface area contributed by atoms with Crippen LogP contribution in [0.25, 0.3) is 5.57 Å². The van der Waals surface area contributed by atoms with Gasteiger partial charge in [-0.2, -0.15) is 0 Å². The molecule has 0 aromatic carbocycles. The molecular formula is C14H18BrN3. The number of halogens is 1. The normalized spacial score (nSPS) is 22.8. The Hall–Kier alpha value is -1.16. The van der Waals surface area contributed by atoms with Gasteiger partial charge < -0.3 is 5.32 Å². The molecule has 2 rings (SSSR count). The van der Waals surface area contributed by atoms with Crippen molar-refractivity contribution in [3.05, 3.63) is 35.8 Å². The quantitative estimate of drug-likeness (QED) is 0.868. The third-order valence-corrected chi connectivity index (χ3v) is 4.09. The van der Waals surface area contributed by atoms with Crippen LogP contribution in [0.15, 0.2) is 24.3 Å². The number of allylic oxidation sites excluding steroid dienone is 4. The van der Waals surface area contributed by atoms with Crippen molar-refractivity contribution in [2.45, 2.75) is 25.1 Å². The Kier molecular flexibility index (Phi) is 4.17. The second-order valence-corrected chi connectivity index (χ2v) is 5.52. The van der Waals surface area contributed by atoms with Crippen molar-refractivity contribution in [2.24, 2.45) is 5.92 Å². The van der Waals surface area contributed by atoms with Gasteiger partial charge in [-0.15, -0.1) is 0 Å². The molecule has 3 nitrogen and oxygen atoms in total. The zero-order chi connectivity index (χ0) is 13.1. The molecule has 18 heavy (non-hydrogen) atoms. The van der Waals surface area contributed by atoms with Gasteiger partial charge in [0, 0.05) is 29.2 Å². The van der Waals surface area contributed by atoms with Crippen LogP contribution in [0, 0.1) is 12.8 Å². The number of aryl methyl sites for hydroxylation is 1. The molecule has 0 fully saturated rings. The number of anilines is 1. The van der Waals surface area contributed by atoms with E-state index in [1.165, 1.54) is 0 Å². The van der Waals surface area contributed by atoms with Crippen molar-refractivity contribution < 1.29 is 0 Å². The summed E-state index contributed by atoms with van der Waals surface area (Å²) in [5, 5.41) is 3.07. The van der Waals surface area contributed by atoms with Gasteiger partial charge in [-0.05, 0) is 19.3 Å². The number of rotatable bonds is 3. The Bertz CT molecular complexity index is 494. The van der Waals surface area contributed by atoms with E-state index < -0.39 is 0 Å². The molecule has 0 aliphatic heterocycles. The van der Waals surface area contributed by atoms with Crippen LogP contribution in [-0.4, -0.2) is 21.8 Å². The highest BCUT2D eigenvalue weighted by Crippen LogP contribution is 2.29. The van der Waals surface area contributed by atoms with Gasteiger partial charge in [0.25, 0.3) is 0 Å². The summed E-state index contributed by atoms with van der Waals surface area (Å²) in [5.41, 5.74) is 2.09. The largest absolute Gasteiger partial charge is 0.373 e. The first-order valence-corrected chi connectivity index (χ1v) is 7.13. The fourth-order valence-electron chi connectivity index (χ4n) is 2.03.